The van der Waals surface area contributed by atoms with Gasteiger partial charge in [-0.3, -0.25) is 14.4 Å². The van der Waals surface area contributed by atoms with E-state index in [4.69, 9.17) is 23.7 Å². The summed E-state index contributed by atoms with van der Waals surface area (Å²) in [6.07, 6.45) is -3.44. The maximum atomic E-state index is 12.8. The molecule has 2 aliphatic carbocycles. The minimum atomic E-state index is -1.93. The van der Waals surface area contributed by atoms with Crippen molar-refractivity contribution >= 4 is 23.9 Å². The summed E-state index contributed by atoms with van der Waals surface area (Å²) in [5.74, 6) is -3.83. The van der Waals surface area contributed by atoms with E-state index in [0.29, 0.717) is 6.42 Å². The van der Waals surface area contributed by atoms with Crippen molar-refractivity contribution in [3.8, 4) is 0 Å². The van der Waals surface area contributed by atoms with Crippen molar-refractivity contribution in [2.24, 2.45) is 11.3 Å². The van der Waals surface area contributed by atoms with Crippen molar-refractivity contribution in [3.63, 3.8) is 0 Å². The molecule has 4 rings (SSSR count). The summed E-state index contributed by atoms with van der Waals surface area (Å²) < 4.78 is 28.6. The minimum Gasteiger partial charge on any atom is -0.462 e. The first-order valence-corrected chi connectivity index (χ1v) is 12.5. The molecular weight excluding hydrogens is 488 g/mol. The number of ether oxygens (including phenoxy) is 5. The van der Waals surface area contributed by atoms with Gasteiger partial charge in [-0.05, 0) is 39.7 Å². The first kappa shape index (κ1) is 27.5. The summed E-state index contributed by atoms with van der Waals surface area (Å²) >= 11 is 0. The number of esters is 4. The van der Waals surface area contributed by atoms with Gasteiger partial charge >= 0.3 is 23.9 Å². The molecule has 4 aliphatic rings. The number of allylic oxidation sites excluding steroid dienone is 1. The summed E-state index contributed by atoms with van der Waals surface area (Å²) in [7, 11) is 0. The number of carbonyl (C=O) groups excluding carboxylic acids is 4. The van der Waals surface area contributed by atoms with Crippen LogP contribution in [0.2, 0.25) is 0 Å². The minimum absolute atomic E-state index is 0.109. The topological polar surface area (TPSA) is 158 Å². The average molecular weight is 525 g/mol. The Kier molecular flexibility index (Phi) is 6.53. The maximum Gasteiger partial charge on any atom is 0.342 e. The number of aliphatic hydroxyl groups excluding tert-OH is 1. The number of hydrogen-bond acceptors (Lipinski definition) is 11. The zero-order chi connectivity index (χ0) is 27.7. The fraction of sp³-hybridized carbons (Fsp3) is 0.769. The van der Waals surface area contributed by atoms with E-state index in [0.717, 1.165) is 5.57 Å². The van der Waals surface area contributed by atoms with E-state index in [1.165, 1.54) is 34.6 Å². The summed E-state index contributed by atoms with van der Waals surface area (Å²) in [4.78, 5) is 49.3. The molecule has 1 spiro atoms. The van der Waals surface area contributed by atoms with Gasteiger partial charge in [-0.2, -0.15) is 0 Å². The van der Waals surface area contributed by atoms with Gasteiger partial charge in [-0.15, -0.1) is 0 Å². The molecule has 11 nitrogen and oxygen atoms in total. The molecule has 0 aromatic rings. The normalized spacial score (nSPS) is 48.1. The second-order valence-corrected chi connectivity index (χ2v) is 11.4. The first-order chi connectivity index (χ1) is 17.0. The number of fused-ring (bicyclic) bond motifs is 1. The maximum absolute atomic E-state index is 12.8. The lowest BCUT2D eigenvalue weighted by Crippen LogP contribution is -2.72. The fourth-order valence-electron chi connectivity index (χ4n) is 7.00. The number of hydrogen-bond donors (Lipinski definition) is 2. The zero-order valence-electron chi connectivity index (χ0n) is 22.2. The molecule has 1 saturated carbocycles. The second-order valence-electron chi connectivity index (χ2n) is 11.4. The van der Waals surface area contributed by atoms with Gasteiger partial charge in [-0.1, -0.05) is 12.5 Å². The van der Waals surface area contributed by atoms with Crippen LogP contribution in [0.25, 0.3) is 0 Å². The van der Waals surface area contributed by atoms with E-state index >= 15 is 0 Å². The van der Waals surface area contributed by atoms with E-state index in [9.17, 15) is 29.4 Å². The summed E-state index contributed by atoms with van der Waals surface area (Å²) in [5, 5.41) is 24.2. The Morgan fingerprint density at radius 3 is 2.05 bits per heavy atom. The monoisotopic (exact) mass is 524 g/mol. The van der Waals surface area contributed by atoms with Crippen molar-refractivity contribution in [1.82, 2.24) is 0 Å². The lowest BCUT2D eigenvalue weighted by Gasteiger charge is -2.59. The molecule has 3 fully saturated rings. The first-order valence-electron chi connectivity index (χ1n) is 12.5. The SMILES string of the molecule is CC(=O)O[C@H]1C[C@H](OC(C)=O)[C@]2(C)[C@@H](OC(C)=O)CC/C(C)=C\[C@@H]3OC(=O)[C@@]4(C)O[C@]34[C@@H](O)[C@H]2[C@@]1(C)O. The van der Waals surface area contributed by atoms with Crippen LogP contribution in [-0.2, 0) is 42.9 Å². The lowest BCUT2D eigenvalue weighted by atomic mass is 9.51. The third-order valence-corrected chi connectivity index (χ3v) is 8.81. The third kappa shape index (κ3) is 3.97. The molecule has 0 amide bonds. The molecule has 206 valence electrons. The van der Waals surface area contributed by atoms with E-state index < -0.39 is 82.5 Å². The molecule has 2 aliphatic heterocycles. The van der Waals surface area contributed by atoms with Crippen LogP contribution in [0.15, 0.2) is 11.6 Å². The molecule has 11 heteroatoms. The largest absolute Gasteiger partial charge is 0.462 e. The average Bonchev–Trinajstić information content (AvgIpc) is 3.35. The van der Waals surface area contributed by atoms with Crippen LogP contribution in [-0.4, -0.2) is 81.4 Å². The Balaban J connectivity index is 1.97. The van der Waals surface area contributed by atoms with Crippen molar-refractivity contribution in [2.45, 2.75) is 115 Å². The number of epoxide rings is 1. The molecule has 0 aromatic carbocycles. The Morgan fingerprint density at radius 2 is 1.51 bits per heavy atom. The van der Waals surface area contributed by atoms with E-state index in [2.05, 4.69) is 0 Å². The predicted molar refractivity (Wildman–Crippen MR) is 125 cm³/mol. The second kappa shape index (κ2) is 8.78. The molecule has 37 heavy (non-hydrogen) atoms. The molecule has 0 unspecified atom stereocenters. The zero-order valence-corrected chi connectivity index (χ0v) is 22.2. The van der Waals surface area contributed by atoms with Crippen molar-refractivity contribution in [2.75, 3.05) is 0 Å². The van der Waals surface area contributed by atoms with Crippen LogP contribution in [0.3, 0.4) is 0 Å². The van der Waals surface area contributed by atoms with Crippen LogP contribution in [0.1, 0.15) is 67.7 Å². The van der Waals surface area contributed by atoms with Crippen LogP contribution < -0.4 is 0 Å². The highest BCUT2D eigenvalue weighted by Gasteiger charge is 2.87. The quantitative estimate of drug-likeness (QED) is 0.236. The van der Waals surface area contributed by atoms with E-state index in [1.807, 2.05) is 6.92 Å². The highest BCUT2D eigenvalue weighted by Crippen LogP contribution is 2.65. The van der Waals surface area contributed by atoms with Gasteiger partial charge in [0.25, 0.3) is 0 Å². The van der Waals surface area contributed by atoms with Crippen molar-refractivity contribution < 1.29 is 53.1 Å². The van der Waals surface area contributed by atoms with Crippen LogP contribution >= 0.6 is 0 Å². The lowest BCUT2D eigenvalue weighted by molar-refractivity contribution is -0.274. The van der Waals surface area contributed by atoms with Gasteiger partial charge in [-0.25, -0.2) is 4.79 Å². The fourth-order valence-corrected chi connectivity index (χ4v) is 7.00. The summed E-state index contributed by atoms with van der Waals surface area (Å²) in [6, 6.07) is 0. The third-order valence-electron chi connectivity index (χ3n) is 8.81. The van der Waals surface area contributed by atoms with Gasteiger partial charge < -0.3 is 33.9 Å². The van der Waals surface area contributed by atoms with Gasteiger partial charge in [0.15, 0.2) is 17.3 Å². The van der Waals surface area contributed by atoms with Crippen molar-refractivity contribution in [1.29, 1.82) is 0 Å². The van der Waals surface area contributed by atoms with E-state index in [1.54, 1.807) is 13.0 Å². The highest BCUT2D eigenvalue weighted by molar-refractivity contribution is 5.89. The Bertz CT molecular complexity index is 1050. The van der Waals surface area contributed by atoms with Crippen LogP contribution in [0.5, 0.6) is 0 Å². The van der Waals surface area contributed by atoms with Crippen molar-refractivity contribution in [3.05, 3.63) is 11.6 Å². The van der Waals surface area contributed by atoms with Gasteiger partial charge in [0.2, 0.25) is 0 Å². The molecular formula is C26H36O11. The van der Waals surface area contributed by atoms with Gasteiger partial charge in [0.1, 0.15) is 23.9 Å². The summed E-state index contributed by atoms with van der Waals surface area (Å²) in [5.41, 5.74) is -5.57. The number of rotatable bonds is 3. The Morgan fingerprint density at radius 1 is 0.973 bits per heavy atom. The summed E-state index contributed by atoms with van der Waals surface area (Å²) in [6.45, 7) is 10.1. The smallest absolute Gasteiger partial charge is 0.342 e. The highest BCUT2D eigenvalue weighted by atomic mass is 16.7. The molecule has 10 atom stereocenters. The van der Waals surface area contributed by atoms with E-state index in [-0.39, 0.29) is 12.8 Å². The molecule has 2 saturated heterocycles. The molecule has 2 N–H and O–H groups in total. The molecule has 0 bridgehead atoms. The van der Waals surface area contributed by atoms with Crippen LogP contribution in [0, 0.1) is 11.3 Å². The number of carbonyl (C=O) groups is 4. The predicted octanol–water partition coefficient (Wildman–Crippen LogP) is 1.11. The standard InChI is InChI=1S/C26H36O11/c1-12-8-9-16(33-13(2)27)23(5)17(34-14(3)28)11-18(35-15(4)29)24(6,32)20(23)21(30)26-19(10-12)36-22(31)25(26,7)37-26/h10,16-21,30,32H,8-9,11H2,1-7H3/b12-10-/t16-,17-,18-,19-,20+,21-,23-,24-,25+,26-/m0/s1. The molecule has 2 heterocycles. The molecule has 0 radical (unpaired) electrons. The van der Waals surface area contributed by atoms with Gasteiger partial charge in [0, 0.05) is 33.1 Å². The number of aliphatic hydroxyl groups is 2. The Hall–Kier alpha value is -2.50. The Labute approximate surface area is 215 Å². The van der Waals surface area contributed by atoms with Crippen LogP contribution in [0.4, 0.5) is 0 Å². The van der Waals surface area contributed by atoms with Gasteiger partial charge in [0.05, 0.1) is 11.5 Å². The molecule has 0 aromatic heterocycles.